The Bertz CT molecular complexity index is 112. The Morgan fingerprint density at radius 1 is 1.10 bits per heavy atom. The summed E-state index contributed by atoms with van der Waals surface area (Å²) in [6.45, 7) is 0. The summed E-state index contributed by atoms with van der Waals surface area (Å²) in [4.78, 5) is 0. The van der Waals surface area contributed by atoms with E-state index in [0.717, 1.165) is 18.7 Å². The average Bonchev–Trinajstić information content (AvgIpc) is 1.97. The van der Waals surface area contributed by atoms with Gasteiger partial charge >= 0.3 is 0 Å². The molecular weight excluding hydrogens is 258 g/mol. The van der Waals surface area contributed by atoms with Gasteiger partial charge in [0.15, 0.2) is 0 Å². The minimum absolute atomic E-state index is 0.804. The quantitative estimate of drug-likeness (QED) is 0.310. The minimum Gasteiger partial charge on any atom is -0.127 e. The van der Waals surface area contributed by atoms with E-state index in [1.807, 2.05) is 0 Å². The molecule has 0 radical (unpaired) electrons. The molecule has 0 rings (SSSR count). The largest absolute Gasteiger partial charge is 0.127 e. The number of alkyl halides is 1. The molecule has 0 spiro atoms. The lowest BCUT2D eigenvalue weighted by Crippen LogP contribution is -1.77. The fourth-order valence-electron chi connectivity index (χ4n) is 0.709. The molecule has 58 valence electrons. The van der Waals surface area contributed by atoms with Crippen molar-refractivity contribution in [2.75, 3.05) is 5.88 Å². The molecule has 0 aromatic carbocycles. The fourth-order valence-corrected chi connectivity index (χ4v) is 1.17. The zero-order valence-corrected chi connectivity index (χ0v) is 8.91. The van der Waals surface area contributed by atoms with Gasteiger partial charge in [0.25, 0.3) is 0 Å². The molecule has 0 unspecified atom stereocenters. The predicted molar refractivity (Wildman–Crippen MR) is 55.6 cm³/mol. The van der Waals surface area contributed by atoms with Crippen LogP contribution in [0.3, 0.4) is 0 Å². The number of hydrogen-bond acceptors (Lipinski definition) is 0. The lowest BCUT2D eigenvalue weighted by Gasteiger charge is -1.93. The summed E-state index contributed by atoms with van der Waals surface area (Å²) in [6.07, 6.45) is 5.96. The second-order valence-corrected chi connectivity index (χ2v) is 3.04. The molecule has 0 aromatic heterocycles. The molecule has 0 fully saturated rings. The van der Waals surface area contributed by atoms with Gasteiger partial charge in [-0.3, -0.25) is 0 Å². The second kappa shape index (κ2) is 9.58. The average molecular weight is 271 g/mol. The van der Waals surface area contributed by atoms with E-state index in [0.29, 0.717) is 0 Å². The highest BCUT2D eigenvalue weighted by Crippen LogP contribution is 2.02. The smallest absolute Gasteiger partial charge is 0.0223 e. The molecule has 0 aliphatic rings. The number of rotatable bonds is 5. The molecule has 0 bridgehead atoms. The summed E-state index contributed by atoms with van der Waals surface area (Å²) in [5.74, 6) is 3.83. The molecule has 0 aliphatic carbocycles. The first-order valence-corrected chi connectivity index (χ1v) is 5.17. The van der Waals surface area contributed by atoms with Crippen LogP contribution >= 0.6 is 34.2 Å². The van der Waals surface area contributed by atoms with E-state index in [4.69, 9.17) is 11.6 Å². The van der Waals surface area contributed by atoms with Gasteiger partial charge in [-0.15, -0.1) is 11.6 Å². The van der Waals surface area contributed by atoms with Crippen LogP contribution in [0.5, 0.6) is 0 Å². The van der Waals surface area contributed by atoms with E-state index >= 15 is 0 Å². The van der Waals surface area contributed by atoms with Gasteiger partial charge in [-0.2, -0.15) is 0 Å². The highest BCUT2D eigenvalue weighted by atomic mass is 127. The van der Waals surface area contributed by atoms with Gasteiger partial charge in [0.05, 0.1) is 0 Å². The second-order valence-electron chi connectivity index (χ2n) is 2.12. The monoisotopic (exact) mass is 270 g/mol. The Hall–Kier alpha value is 0.580. The van der Waals surface area contributed by atoms with Crippen molar-refractivity contribution in [2.24, 2.45) is 0 Å². The van der Waals surface area contributed by atoms with Gasteiger partial charge in [0, 0.05) is 34.9 Å². The first-order valence-electron chi connectivity index (χ1n) is 3.56. The maximum atomic E-state index is 5.51. The third kappa shape index (κ3) is 8.58. The van der Waals surface area contributed by atoms with Crippen molar-refractivity contribution < 1.29 is 0 Å². The normalized spacial score (nSPS) is 8.60. The van der Waals surface area contributed by atoms with E-state index in [2.05, 4.69) is 32.4 Å². The molecule has 0 N–H and O–H groups in total. The maximum Gasteiger partial charge on any atom is 0.0223 e. The Kier molecular flexibility index (Phi) is 10.1. The first-order chi connectivity index (χ1) is 4.91. The third-order valence-electron chi connectivity index (χ3n) is 1.25. The van der Waals surface area contributed by atoms with E-state index < -0.39 is 0 Å². The van der Waals surface area contributed by atoms with Crippen LogP contribution in [0.4, 0.5) is 0 Å². The van der Waals surface area contributed by atoms with Gasteiger partial charge in [-0.1, -0.05) is 18.8 Å². The number of unbranched alkanes of at least 4 members (excludes halogenated alkanes) is 4. The summed E-state index contributed by atoms with van der Waals surface area (Å²) in [5, 5.41) is 0. The lowest BCUT2D eigenvalue weighted by molar-refractivity contribution is 0.682. The van der Waals surface area contributed by atoms with Gasteiger partial charge in [-0.25, -0.2) is 0 Å². The number of halogens is 2. The summed E-state index contributed by atoms with van der Waals surface area (Å²) < 4.78 is 2.85. The fraction of sp³-hybridized carbons (Fsp3) is 0.750. The molecule has 0 atom stereocenters. The standard InChI is InChI=1S/C8H12ClI/c9-7-5-3-1-2-4-6-8-10/h1-5,7H2. The topological polar surface area (TPSA) is 0 Å². The third-order valence-corrected chi connectivity index (χ3v) is 1.90. The summed E-state index contributed by atoms with van der Waals surface area (Å²) in [6, 6.07) is 0. The number of hydrogen-bond donors (Lipinski definition) is 0. The maximum absolute atomic E-state index is 5.51. The van der Waals surface area contributed by atoms with Crippen molar-refractivity contribution in [3.63, 3.8) is 0 Å². The van der Waals surface area contributed by atoms with E-state index in [-0.39, 0.29) is 0 Å². The highest BCUT2D eigenvalue weighted by molar-refractivity contribution is 14.1. The molecule has 0 heterocycles. The molecule has 0 saturated carbocycles. The highest BCUT2D eigenvalue weighted by Gasteiger charge is 1.85. The summed E-state index contributed by atoms with van der Waals surface area (Å²) in [5.41, 5.74) is 0. The van der Waals surface area contributed by atoms with Crippen LogP contribution in [-0.4, -0.2) is 5.88 Å². The molecule has 0 saturated heterocycles. The van der Waals surface area contributed by atoms with Crippen LogP contribution in [0, 0.1) is 9.85 Å². The predicted octanol–water partition coefficient (Wildman–Crippen LogP) is 3.57. The van der Waals surface area contributed by atoms with Crippen LogP contribution in [0.15, 0.2) is 0 Å². The molecule has 0 aromatic rings. The van der Waals surface area contributed by atoms with Crippen molar-refractivity contribution >= 4 is 34.2 Å². The Morgan fingerprint density at radius 3 is 2.40 bits per heavy atom. The van der Waals surface area contributed by atoms with Crippen LogP contribution in [0.25, 0.3) is 0 Å². The van der Waals surface area contributed by atoms with Gasteiger partial charge in [0.2, 0.25) is 0 Å². The summed E-state index contributed by atoms with van der Waals surface area (Å²) in [7, 11) is 0. The van der Waals surface area contributed by atoms with Gasteiger partial charge in [-0.05, 0) is 16.8 Å². The molecule has 10 heavy (non-hydrogen) atoms. The van der Waals surface area contributed by atoms with Crippen molar-refractivity contribution in [2.45, 2.75) is 32.1 Å². The molecular formula is C8H12ClI. The van der Waals surface area contributed by atoms with Gasteiger partial charge in [0.1, 0.15) is 0 Å². The zero-order chi connectivity index (χ0) is 7.66. The van der Waals surface area contributed by atoms with Crippen molar-refractivity contribution in [3.05, 3.63) is 0 Å². The molecule has 2 heteroatoms. The zero-order valence-electron chi connectivity index (χ0n) is 6.00. The molecule has 0 aliphatic heterocycles. The lowest BCUT2D eigenvalue weighted by atomic mass is 10.2. The van der Waals surface area contributed by atoms with E-state index in [1.54, 1.807) is 0 Å². The Balaban J connectivity index is 2.82. The Morgan fingerprint density at radius 2 is 1.80 bits per heavy atom. The Labute approximate surface area is 81.9 Å². The molecule has 0 nitrogen and oxygen atoms in total. The van der Waals surface area contributed by atoms with Crippen LogP contribution < -0.4 is 0 Å². The van der Waals surface area contributed by atoms with Crippen LogP contribution in [0.2, 0.25) is 0 Å². The van der Waals surface area contributed by atoms with E-state index in [1.165, 1.54) is 19.3 Å². The van der Waals surface area contributed by atoms with Crippen LogP contribution in [-0.2, 0) is 0 Å². The van der Waals surface area contributed by atoms with Crippen LogP contribution in [0.1, 0.15) is 32.1 Å². The van der Waals surface area contributed by atoms with E-state index in [9.17, 15) is 0 Å². The minimum atomic E-state index is 0.804. The van der Waals surface area contributed by atoms with Gasteiger partial charge < -0.3 is 0 Å². The molecule has 0 amide bonds. The summed E-state index contributed by atoms with van der Waals surface area (Å²) >= 11 is 7.59. The van der Waals surface area contributed by atoms with Crippen molar-refractivity contribution in [3.8, 4) is 9.85 Å². The van der Waals surface area contributed by atoms with Crippen molar-refractivity contribution in [1.29, 1.82) is 0 Å². The SMILES string of the molecule is ClCCCCCCC#CI. The first kappa shape index (κ1) is 10.6. The van der Waals surface area contributed by atoms with Crippen molar-refractivity contribution in [1.82, 2.24) is 0 Å².